The Bertz CT molecular complexity index is 600. The standard InChI is InChI=1S/C17H21N3OS/c1-19-10-11-20(15(13-19)14-5-3-2-4-6-14)17(21)8-7-16-18-9-12-22-16/h2-6,9,12,15H,7-8,10-11,13H2,1H3. The molecule has 1 atom stereocenters. The summed E-state index contributed by atoms with van der Waals surface area (Å²) >= 11 is 1.62. The Morgan fingerprint density at radius 3 is 2.86 bits per heavy atom. The number of benzene rings is 1. The summed E-state index contributed by atoms with van der Waals surface area (Å²) in [4.78, 5) is 21.3. The van der Waals surface area contributed by atoms with Crippen LogP contribution in [0.15, 0.2) is 41.9 Å². The van der Waals surface area contributed by atoms with E-state index in [2.05, 4.69) is 29.1 Å². The molecule has 0 aliphatic carbocycles. The van der Waals surface area contributed by atoms with Crippen LogP contribution in [0.4, 0.5) is 0 Å². The Hall–Kier alpha value is -1.72. The number of hydrogen-bond donors (Lipinski definition) is 0. The van der Waals surface area contributed by atoms with Gasteiger partial charge >= 0.3 is 0 Å². The highest BCUT2D eigenvalue weighted by Crippen LogP contribution is 2.25. The Balaban J connectivity index is 1.70. The lowest BCUT2D eigenvalue weighted by Crippen LogP contribution is -2.49. The van der Waals surface area contributed by atoms with Crippen molar-refractivity contribution >= 4 is 17.2 Å². The SMILES string of the molecule is CN1CCN(C(=O)CCc2nccs2)C(c2ccccc2)C1. The number of hydrogen-bond acceptors (Lipinski definition) is 4. The van der Waals surface area contributed by atoms with Gasteiger partial charge in [0.05, 0.1) is 11.0 Å². The van der Waals surface area contributed by atoms with Crippen molar-refractivity contribution in [2.75, 3.05) is 26.7 Å². The average molecular weight is 315 g/mol. The number of likely N-dealkylation sites (N-methyl/N-ethyl adjacent to an activating group) is 1. The Labute approximate surface area is 135 Å². The highest BCUT2D eigenvalue weighted by molar-refractivity contribution is 7.09. The Morgan fingerprint density at radius 1 is 1.32 bits per heavy atom. The number of carbonyl (C=O) groups excluding carboxylic acids is 1. The van der Waals surface area contributed by atoms with Crippen LogP contribution in [0.5, 0.6) is 0 Å². The van der Waals surface area contributed by atoms with Crippen LogP contribution in [0.1, 0.15) is 23.0 Å². The maximum absolute atomic E-state index is 12.7. The van der Waals surface area contributed by atoms with E-state index in [1.807, 2.05) is 28.5 Å². The molecule has 1 unspecified atom stereocenters. The molecule has 5 heteroatoms. The van der Waals surface area contributed by atoms with Gasteiger partial charge in [-0.2, -0.15) is 0 Å². The highest BCUT2D eigenvalue weighted by Gasteiger charge is 2.29. The normalized spacial score (nSPS) is 19.3. The van der Waals surface area contributed by atoms with E-state index in [0.717, 1.165) is 31.1 Å². The van der Waals surface area contributed by atoms with Gasteiger partial charge in [-0.3, -0.25) is 4.79 Å². The fourth-order valence-electron chi connectivity index (χ4n) is 2.91. The van der Waals surface area contributed by atoms with Gasteiger partial charge in [0, 0.05) is 44.1 Å². The van der Waals surface area contributed by atoms with E-state index in [1.54, 1.807) is 17.5 Å². The van der Waals surface area contributed by atoms with Crippen molar-refractivity contribution < 1.29 is 4.79 Å². The molecule has 1 aromatic heterocycles. The third-order valence-corrected chi connectivity index (χ3v) is 4.96. The maximum Gasteiger partial charge on any atom is 0.223 e. The number of amides is 1. The first-order valence-corrected chi connectivity index (χ1v) is 8.53. The van der Waals surface area contributed by atoms with E-state index < -0.39 is 0 Å². The molecule has 1 aliphatic heterocycles. The minimum atomic E-state index is 0.156. The zero-order chi connectivity index (χ0) is 15.4. The van der Waals surface area contributed by atoms with Gasteiger partial charge in [0.25, 0.3) is 0 Å². The van der Waals surface area contributed by atoms with Crippen molar-refractivity contribution in [2.45, 2.75) is 18.9 Å². The maximum atomic E-state index is 12.7. The molecule has 0 N–H and O–H groups in total. The van der Waals surface area contributed by atoms with Crippen LogP contribution in [0.3, 0.4) is 0 Å². The van der Waals surface area contributed by atoms with E-state index in [-0.39, 0.29) is 11.9 Å². The zero-order valence-corrected chi connectivity index (χ0v) is 13.6. The van der Waals surface area contributed by atoms with Crippen LogP contribution < -0.4 is 0 Å². The van der Waals surface area contributed by atoms with Crippen molar-refractivity contribution in [2.24, 2.45) is 0 Å². The van der Waals surface area contributed by atoms with Gasteiger partial charge in [0.1, 0.15) is 0 Å². The predicted octanol–water partition coefficient (Wildman–Crippen LogP) is 2.59. The molecule has 1 aromatic carbocycles. The summed E-state index contributed by atoms with van der Waals surface area (Å²) < 4.78 is 0. The van der Waals surface area contributed by atoms with Crippen LogP contribution in [-0.4, -0.2) is 47.4 Å². The third kappa shape index (κ3) is 3.54. The van der Waals surface area contributed by atoms with E-state index in [0.29, 0.717) is 6.42 Å². The summed E-state index contributed by atoms with van der Waals surface area (Å²) in [7, 11) is 2.12. The molecule has 1 saturated heterocycles. The number of aromatic nitrogens is 1. The number of aryl methyl sites for hydroxylation is 1. The molecule has 1 fully saturated rings. The van der Waals surface area contributed by atoms with Gasteiger partial charge in [0.2, 0.25) is 5.91 Å². The molecular weight excluding hydrogens is 294 g/mol. The summed E-state index contributed by atoms with van der Waals surface area (Å²) in [5, 5.41) is 3.00. The molecule has 2 aromatic rings. The lowest BCUT2D eigenvalue weighted by Gasteiger charge is -2.40. The van der Waals surface area contributed by atoms with E-state index in [9.17, 15) is 4.79 Å². The number of rotatable bonds is 4. The molecule has 0 radical (unpaired) electrons. The van der Waals surface area contributed by atoms with Crippen molar-refractivity contribution in [1.82, 2.24) is 14.8 Å². The van der Waals surface area contributed by atoms with Gasteiger partial charge in [-0.05, 0) is 12.6 Å². The smallest absolute Gasteiger partial charge is 0.223 e. The summed E-state index contributed by atoms with van der Waals surface area (Å²) in [5.41, 5.74) is 1.22. The predicted molar refractivity (Wildman–Crippen MR) is 88.8 cm³/mol. The number of carbonyl (C=O) groups is 1. The first-order valence-electron chi connectivity index (χ1n) is 7.65. The third-order valence-electron chi connectivity index (χ3n) is 4.12. The summed E-state index contributed by atoms with van der Waals surface area (Å²) in [6.45, 7) is 2.63. The molecule has 0 spiro atoms. The summed E-state index contributed by atoms with van der Waals surface area (Å²) in [6, 6.07) is 10.5. The van der Waals surface area contributed by atoms with Crippen LogP contribution in [0, 0.1) is 0 Å². The number of thiazole rings is 1. The zero-order valence-electron chi connectivity index (χ0n) is 12.8. The second-order valence-corrected chi connectivity index (χ2v) is 6.68. The molecule has 1 aliphatic rings. The van der Waals surface area contributed by atoms with Crippen molar-refractivity contribution in [1.29, 1.82) is 0 Å². The highest BCUT2D eigenvalue weighted by atomic mass is 32.1. The van der Waals surface area contributed by atoms with E-state index >= 15 is 0 Å². The lowest BCUT2D eigenvalue weighted by atomic mass is 10.0. The summed E-state index contributed by atoms with van der Waals surface area (Å²) in [5.74, 6) is 0.233. The minimum absolute atomic E-state index is 0.156. The van der Waals surface area contributed by atoms with Crippen LogP contribution in [0.25, 0.3) is 0 Å². The summed E-state index contributed by atoms with van der Waals surface area (Å²) in [6.07, 6.45) is 3.08. The Morgan fingerprint density at radius 2 is 2.14 bits per heavy atom. The van der Waals surface area contributed by atoms with Gasteiger partial charge in [-0.25, -0.2) is 4.98 Å². The molecule has 22 heavy (non-hydrogen) atoms. The fourth-order valence-corrected chi connectivity index (χ4v) is 3.53. The van der Waals surface area contributed by atoms with E-state index in [1.165, 1.54) is 5.56 Å². The molecule has 3 rings (SSSR count). The van der Waals surface area contributed by atoms with Crippen LogP contribution >= 0.6 is 11.3 Å². The van der Waals surface area contributed by atoms with Crippen LogP contribution in [-0.2, 0) is 11.2 Å². The quantitative estimate of drug-likeness (QED) is 0.870. The van der Waals surface area contributed by atoms with Crippen LogP contribution in [0.2, 0.25) is 0 Å². The first kappa shape index (κ1) is 15.2. The number of piperazine rings is 1. The molecule has 1 amide bonds. The van der Waals surface area contributed by atoms with E-state index in [4.69, 9.17) is 0 Å². The average Bonchev–Trinajstić information content (AvgIpc) is 3.07. The van der Waals surface area contributed by atoms with Crippen molar-refractivity contribution in [3.8, 4) is 0 Å². The second kappa shape index (κ2) is 7.03. The first-order chi connectivity index (χ1) is 10.7. The van der Waals surface area contributed by atoms with Gasteiger partial charge in [-0.15, -0.1) is 11.3 Å². The molecule has 0 saturated carbocycles. The molecular formula is C17H21N3OS. The number of nitrogens with zero attached hydrogens (tertiary/aromatic N) is 3. The van der Waals surface area contributed by atoms with Gasteiger partial charge < -0.3 is 9.80 Å². The van der Waals surface area contributed by atoms with Crippen molar-refractivity contribution in [3.05, 3.63) is 52.5 Å². The molecule has 2 heterocycles. The topological polar surface area (TPSA) is 36.4 Å². The van der Waals surface area contributed by atoms with Gasteiger partial charge in [0.15, 0.2) is 0 Å². The van der Waals surface area contributed by atoms with Gasteiger partial charge in [-0.1, -0.05) is 30.3 Å². The van der Waals surface area contributed by atoms with Crippen molar-refractivity contribution in [3.63, 3.8) is 0 Å². The largest absolute Gasteiger partial charge is 0.333 e. The fraction of sp³-hybridized carbons (Fsp3) is 0.412. The molecule has 0 bridgehead atoms. The minimum Gasteiger partial charge on any atom is -0.333 e. The Kier molecular flexibility index (Phi) is 4.85. The molecule has 4 nitrogen and oxygen atoms in total. The monoisotopic (exact) mass is 315 g/mol. The lowest BCUT2D eigenvalue weighted by molar-refractivity contribution is -0.136. The second-order valence-electron chi connectivity index (χ2n) is 5.70. The molecule has 116 valence electrons.